The number of hydrogen-bond donors (Lipinski definition) is 1. The van der Waals surface area contributed by atoms with Gasteiger partial charge in [-0.1, -0.05) is 31.9 Å². The topological polar surface area (TPSA) is 38.3 Å². The monoisotopic (exact) mass is 403 g/mol. The molecule has 20 heavy (non-hydrogen) atoms. The van der Waals surface area contributed by atoms with E-state index in [1.165, 1.54) is 25.7 Å². The van der Waals surface area contributed by atoms with E-state index >= 15 is 0 Å². The molecule has 0 radical (unpaired) electrons. The Hall–Kier alpha value is -0.550. The van der Waals surface area contributed by atoms with Gasteiger partial charge in [0.05, 0.1) is 12.7 Å². The first-order valence-corrected chi connectivity index (χ1v) is 8.57. The van der Waals surface area contributed by atoms with E-state index in [0.29, 0.717) is 22.1 Å². The first kappa shape index (κ1) is 15.8. The van der Waals surface area contributed by atoms with Crippen molar-refractivity contribution >= 4 is 37.8 Å². The highest BCUT2D eigenvalue weighted by Crippen LogP contribution is 2.28. The van der Waals surface area contributed by atoms with Gasteiger partial charge >= 0.3 is 0 Å². The number of benzene rings is 1. The summed E-state index contributed by atoms with van der Waals surface area (Å²) in [4.78, 5) is 12.9. The summed E-state index contributed by atoms with van der Waals surface area (Å²) in [6.45, 7) is 0.748. The van der Waals surface area contributed by atoms with Crippen molar-refractivity contribution < 1.29 is 9.53 Å². The van der Waals surface area contributed by atoms with E-state index in [2.05, 4.69) is 37.2 Å². The molecule has 0 bridgehead atoms. The van der Waals surface area contributed by atoms with Crippen molar-refractivity contribution in [3.05, 3.63) is 28.2 Å². The lowest BCUT2D eigenvalue weighted by Crippen LogP contribution is -2.31. The molecule has 0 atom stereocenters. The molecule has 110 valence electrons. The molecule has 1 N–H and O–H groups in total. The second-order valence-corrected chi connectivity index (χ2v) is 7.38. The molecule has 0 aromatic heterocycles. The van der Waals surface area contributed by atoms with Crippen LogP contribution in [0.3, 0.4) is 0 Å². The maximum atomic E-state index is 12.2. The fourth-order valence-corrected chi connectivity index (χ4v) is 3.38. The zero-order valence-corrected chi connectivity index (χ0v) is 14.7. The average Bonchev–Trinajstić information content (AvgIpc) is 2.46. The van der Waals surface area contributed by atoms with Crippen molar-refractivity contribution in [1.29, 1.82) is 0 Å². The standard InChI is InChI=1S/C15H19Br2NO2/c1-20-14-8-12(17)6-7-13(14)15(19)18-9-10-2-4-11(16)5-3-10/h6-8,10-11H,2-5,9H2,1H3,(H,18,19). The number of alkyl halides is 1. The van der Waals surface area contributed by atoms with Crippen LogP contribution in [0.15, 0.2) is 22.7 Å². The maximum absolute atomic E-state index is 12.2. The summed E-state index contributed by atoms with van der Waals surface area (Å²) in [5.74, 6) is 1.13. The van der Waals surface area contributed by atoms with E-state index in [1.54, 1.807) is 13.2 Å². The van der Waals surface area contributed by atoms with Crippen LogP contribution < -0.4 is 10.1 Å². The number of rotatable bonds is 4. The second kappa shape index (κ2) is 7.46. The lowest BCUT2D eigenvalue weighted by molar-refractivity contribution is 0.0941. The lowest BCUT2D eigenvalue weighted by Gasteiger charge is -2.25. The van der Waals surface area contributed by atoms with E-state index in [9.17, 15) is 4.79 Å². The molecular formula is C15H19Br2NO2. The Kier molecular flexibility index (Phi) is 5.90. The summed E-state index contributed by atoms with van der Waals surface area (Å²) in [7, 11) is 1.58. The van der Waals surface area contributed by atoms with Crippen LogP contribution >= 0.6 is 31.9 Å². The Balaban J connectivity index is 1.92. The number of hydrogen-bond acceptors (Lipinski definition) is 2. The van der Waals surface area contributed by atoms with Gasteiger partial charge in [0.25, 0.3) is 5.91 Å². The number of methoxy groups -OCH3 is 1. The Morgan fingerprint density at radius 2 is 2.05 bits per heavy atom. The first-order valence-electron chi connectivity index (χ1n) is 6.86. The largest absolute Gasteiger partial charge is 0.496 e. The van der Waals surface area contributed by atoms with Crippen molar-refractivity contribution in [2.24, 2.45) is 5.92 Å². The summed E-state index contributed by atoms with van der Waals surface area (Å²) in [5.41, 5.74) is 0.588. The molecule has 3 nitrogen and oxygen atoms in total. The highest BCUT2D eigenvalue weighted by atomic mass is 79.9. The minimum Gasteiger partial charge on any atom is -0.496 e. The van der Waals surface area contributed by atoms with Gasteiger partial charge < -0.3 is 10.1 Å². The third kappa shape index (κ3) is 4.22. The molecular weight excluding hydrogens is 386 g/mol. The molecule has 1 amide bonds. The third-order valence-electron chi connectivity index (χ3n) is 3.74. The number of amides is 1. The first-order chi connectivity index (χ1) is 9.60. The fourth-order valence-electron chi connectivity index (χ4n) is 2.51. The molecule has 1 aromatic rings. The molecule has 1 saturated carbocycles. The summed E-state index contributed by atoms with van der Waals surface area (Å²) >= 11 is 7.03. The SMILES string of the molecule is COc1cc(Br)ccc1C(=O)NCC1CCC(Br)CC1. The highest BCUT2D eigenvalue weighted by molar-refractivity contribution is 9.10. The zero-order valence-electron chi connectivity index (χ0n) is 11.5. The minimum atomic E-state index is -0.0599. The Morgan fingerprint density at radius 3 is 2.70 bits per heavy atom. The number of nitrogens with one attached hydrogen (secondary N) is 1. The molecule has 1 aliphatic carbocycles. The van der Waals surface area contributed by atoms with Gasteiger partial charge in [-0.3, -0.25) is 4.79 Å². The van der Waals surface area contributed by atoms with Crippen molar-refractivity contribution in [1.82, 2.24) is 5.32 Å². The highest BCUT2D eigenvalue weighted by Gasteiger charge is 2.20. The van der Waals surface area contributed by atoms with Crippen molar-refractivity contribution in [2.75, 3.05) is 13.7 Å². The van der Waals surface area contributed by atoms with Gasteiger partial charge in [0.1, 0.15) is 5.75 Å². The number of carbonyl (C=O) groups is 1. The molecule has 5 heteroatoms. The van der Waals surface area contributed by atoms with E-state index in [0.717, 1.165) is 11.0 Å². The second-order valence-electron chi connectivity index (χ2n) is 5.17. The average molecular weight is 405 g/mol. The Morgan fingerprint density at radius 1 is 1.35 bits per heavy atom. The maximum Gasteiger partial charge on any atom is 0.255 e. The van der Waals surface area contributed by atoms with Gasteiger partial charge in [0.2, 0.25) is 0 Å². The molecule has 0 saturated heterocycles. The molecule has 1 aliphatic rings. The smallest absolute Gasteiger partial charge is 0.255 e. The van der Waals surface area contributed by atoms with Gasteiger partial charge in [-0.2, -0.15) is 0 Å². The summed E-state index contributed by atoms with van der Waals surface area (Å²) in [5, 5.41) is 3.03. The molecule has 0 unspecified atom stereocenters. The van der Waals surface area contributed by atoms with E-state index in [4.69, 9.17) is 4.74 Å². The van der Waals surface area contributed by atoms with Crippen LogP contribution in [0.4, 0.5) is 0 Å². The minimum absolute atomic E-state index is 0.0599. The van der Waals surface area contributed by atoms with Crippen LogP contribution in [-0.2, 0) is 0 Å². The number of carbonyl (C=O) groups excluding carboxylic acids is 1. The van der Waals surface area contributed by atoms with Gasteiger partial charge in [0, 0.05) is 15.8 Å². The van der Waals surface area contributed by atoms with Crippen LogP contribution in [0.5, 0.6) is 5.75 Å². The quantitative estimate of drug-likeness (QED) is 0.765. The molecule has 0 heterocycles. The van der Waals surface area contributed by atoms with Crippen LogP contribution in [0.25, 0.3) is 0 Å². The Labute approximate surface area is 136 Å². The van der Waals surface area contributed by atoms with E-state index < -0.39 is 0 Å². The molecule has 2 rings (SSSR count). The normalized spacial score (nSPS) is 22.4. The van der Waals surface area contributed by atoms with Crippen molar-refractivity contribution in [2.45, 2.75) is 30.5 Å². The van der Waals surface area contributed by atoms with Gasteiger partial charge in [-0.25, -0.2) is 0 Å². The van der Waals surface area contributed by atoms with Gasteiger partial charge in [-0.05, 0) is 49.8 Å². The zero-order chi connectivity index (χ0) is 14.5. The summed E-state index contributed by atoms with van der Waals surface area (Å²) in [6, 6.07) is 5.45. The summed E-state index contributed by atoms with van der Waals surface area (Å²) < 4.78 is 6.16. The van der Waals surface area contributed by atoms with Crippen molar-refractivity contribution in [3.63, 3.8) is 0 Å². The van der Waals surface area contributed by atoms with Crippen LogP contribution in [0.1, 0.15) is 36.0 Å². The Bertz CT molecular complexity index is 471. The predicted octanol–water partition coefficient (Wildman–Crippen LogP) is 4.14. The van der Waals surface area contributed by atoms with Gasteiger partial charge in [-0.15, -0.1) is 0 Å². The van der Waals surface area contributed by atoms with Crippen LogP contribution in [0.2, 0.25) is 0 Å². The lowest BCUT2D eigenvalue weighted by atomic mass is 9.89. The molecule has 0 aliphatic heterocycles. The molecule has 0 spiro atoms. The van der Waals surface area contributed by atoms with E-state index in [1.807, 2.05) is 12.1 Å². The van der Waals surface area contributed by atoms with Crippen LogP contribution in [0, 0.1) is 5.92 Å². The molecule has 1 aromatic carbocycles. The fraction of sp³-hybridized carbons (Fsp3) is 0.533. The van der Waals surface area contributed by atoms with Gasteiger partial charge in [0.15, 0.2) is 0 Å². The predicted molar refractivity (Wildman–Crippen MR) is 87.7 cm³/mol. The molecule has 1 fully saturated rings. The van der Waals surface area contributed by atoms with E-state index in [-0.39, 0.29) is 5.91 Å². The number of halogens is 2. The van der Waals surface area contributed by atoms with Crippen molar-refractivity contribution in [3.8, 4) is 5.75 Å². The van der Waals surface area contributed by atoms with Crippen LogP contribution in [-0.4, -0.2) is 24.4 Å². The third-order valence-corrected chi connectivity index (χ3v) is 5.14. The number of ether oxygens (including phenoxy) is 1. The summed E-state index contributed by atoms with van der Waals surface area (Å²) in [6.07, 6.45) is 4.74.